The van der Waals surface area contributed by atoms with Crippen LogP contribution in [0.1, 0.15) is 6.42 Å². The highest BCUT2D eigenvalue weighted by Crippen LogP contribution is 2.18. The van der Waals surface area contributed by atoms with Crippen molar-refractivity contribution < 1.29 is 14.0 Å². The second-order valence-electron chi connectivity index (χ2n) is 5.21. The Morgan fingerprint density at radius 2 is 2.18 bits per heavy atom. The topological polar surface area (TPSA) is 61.4 Å². The molecule has 2 N–H and O–H groups in total. The average Bonchev–Trinajstić information content (AvgIpc) is 2.96. The first-order chi connectivity index (χ1) is 10.5. The molecule has 0 radical (unpaired) electrons. The SMILES string of the molecule is O=C(NCC1CCN(CP)C1)C(=O)Nc1ccc(Cl)c(F)c1. The Balaban J connectivity index is 1.79. The number of halogens is 2. The Labute approximate surface area is 135 Å². The number of benzene rings is 1. The van der Waals surface area contributed by atoms with Crippen LogP contribution >= 0.6 is 20.8 Å². The summed E-state index contributed by atoms with van der Waals surface area (Å²) < 4.78 is 13.3. The molecule has 1 aliphatic heterocycles. The van der Waals surface area contributed by atoms with Gasteiger partial charge in [-0.05, 0) is 37.1 Å². The Hall–Kier alpha value is -1.23. The number of hydrogen-bond acceptors (Lipinski definition) is 3. The van der Waals surface area contributed by atoms with Crippen molar-refractivity contribution >= 4 is 38.3 Å². The Kier molecular flexibility index (Phi) is 6.12. The van der Waals surface area contributed by atoms with E-state index in [9.17, 15) is 14.0 Å². The lowest BCUT2D eigenvalue weighted by Gasteiger charge is -2.13. The maximum atomic E-state index is 13.3. The molecule has 0 aromatic heterocycles. The van der Waals surface area contributed by atoms with Gasteiger partial charge in [-0.1, -0.05) is 11.6 Å². The zero-order valence-electron chi connectivity index (χ0n) is 11.9. The van der Waals surface area contributed by atoms with Crippen LogP contribution in [0.4, 0.5) is 10.1 Å². The molecular weight excluding hydrogens is 328 g/mol. The number of rotatable bonds is 4. The summed E-state index contributed by atoms with van der Waals surface area (Å²) in [6.45, 7) is 2.37. The van der Waals surface area contributed by atoms with Crippen molar-refractivity contribution in [2.24, 2.45) is 5.92 Å². The Morgan fingerprint density at radius 3 is 2.82 bits per heavy atom. The van der Waals surface area contributed by atoms with E-state index in [1.165, 1.54) is 12.1 Å². The fourth-order valence-corrected chi connectivity index (χ4v) is 2.77. The highest BCUT2D eigenvalue weighted by atomic mass is 35.5. The van der Waals surface area contributed by atoms with E-state index in [2.05, 4.69) is 24.8 Å². The van der Waals surface area contributed by atoms with Gasteiger partial charge in [-0.2, -0.15) is 0 Å². The fourth-order valence-electron chi connectivity index (χ4n) is 2.32. The summed E-state index contributed by atoms with van der Waals surface area (Å²) >= 11 is 5.55. The van der Waals surface area contributed by atoms with Gasteiger partial charge in [0.05, 0.1) is 5.02 Å². The van der Waals surface area contributed by atoms with Gasteiger partial charge in [0.25, 0.3) is 0 Å². The molecule has 0 aliphatic carbocycles. The fraction of sp³-hybridized carbons (Fsp3) is 0.429. The maximum absolute atomic E-state index is 13.3. The highest BCUT2D eigenvalue weighted by Gasteiger charge is 2.23. The van der Waals surface area contributed by atoms with Gasteiger partial charge in [0.2, 0.25) is 0 Å². The Bertz CT molecular complexity index is 573. The van der Waals surface area contributed by atoms with Crippen molar-refractivity contribution in [3.63, 3.8) is 0 Å². The highest BCUT2D eigenvalue weighted by molar-refractivity contribution is 7.16. The molecule has 0 saturated carbocycles. The van der Waals surface area contributed by atoms with Crippen molar-refractivity contribution in [2.45, 2.75) is 6.42 Å². The van der Waals surface area contributed by atoms with Gasteiger partial charge in [-0.25, -0.2) is 4.39 Å². The van der Waals surface area contributed by atoms with Crippen LogP contribution in [0, 0.1) is 11.7 Å². The third kappa shape index (κ3) is 4.63. The summed E-state index contributed by atoms with van der Waals surface area (Å²) in [7, 11) is 2.67. The maximum Gasteiger partial charge on any atom is 0.313 e. The number of likely N-dealkylation sites (tertiary alicyclic amines) is 1. The van der Waals surface area contributed by atoms with E-state index in [-0.39, 0.29) is 10.7 Å². The van der Waals surface area contributed by atoms with Crippen LogP contribution in [-0.4, -0.2) is 42.6 Å². The number of amides is 2. The number of carbonyl (C=O) groups is 2. The molecule has 1 aromatic rings. The molecule has 5 nitrogen and oxygen atoms in total. The van der Waals surface area contributed by atoms with Crippen molar-refractivity contribution in [2.75, 3.05) is 31.2 Å². The van der Waals surface area contributed by atoms with Crippen LogP contribution < -0.4 is 10.6 Å². The lowest BCUT2D eigenvalue weighted by Crippen LogP contribution is -2.38. The van der Waals surface area contributed by atoms with Crippen LogP contribution in [0.3, 0.4) is 0 Å². The third-order valence-electron chi connectivity index (χ3n) is 3.56. The molecule has 1 aromatic carbocycles. The summed E-state index contributed by atoms with van der Waals surface area (Å²) in [5.41, 5.74) is 0.192. The molecule has 0 spiro atoms. The lowest BCUT2D eigenvalue weighted by molar-refractivity contribution is -0.136. The number of nitrogens with one attached hydrogen (secondary N) is 2. The van der Waals surface area contributed by atoms with Crippen LogP contribution in [0.15, 0.2) is 18.2 Å². The zero-order chi connectivity index (χ0) is 16.1. The van der Waals surface area contributed by atoms with Crippen molar-refractivity contribution in [1.29, 1.82) is 0 Å². The summed E-state index contributed by atoms with van der Waals surface area (Å²) in [5, 5.41) is 4.91. The van der Waals surface area contributed by atoms with Crippen LogP contribution in [0.2, 0.25) is 5.02 Å². The third-order valence-corrected chi connectivity index (χ3v) is 4.39. The number of nitrogens with zero attached hydrogens (tertiary/aromatic N) is 1. The van der Waals surface area contributed by atoms with Gasteiger partial charge < -0.3 is 10.6 Å². The second kappa shape index (κ2) is 7.86. The van der Waals surface area contributed by atoms with Crippen LogP contribution in [0.5, 0.6) is 0 Å². The predicted molar refractivity (Wildman–Crippen MR) is 87.3 cm³/mol. The van der Waals surface area contributed by atoms with Gasteiger partial charge in [0.1, 0.15) is 5.82 Å². The minimum absolute atomic E-state index is 0.0395. The largest absolute Gasteiger partial charge is 0.347 e. The smallest absolute Gasteiger partial charge is 0.313 e. The van der Waals surface area contributed by atoms with Gasteiger partial charge in [-0.15, -0.1) is 9.24 Å². The van der Waals surface area contributed by atoms with E-state index in [1.807, 2.05) is 0 Å². The monoisotopic (exact) mass is 345 g/mol. The second-order valence-corrected chi connectivity index (χ2v) is 5.98. The van der Waals surface area contributed by atoms with Gasteiger partial charge in [-0.3, -0.25) is 14.5 Å². The first kappa shape index (κ1) is 17.1. The number of carbonyl (C=O) groups excluding carboxylic acids is 2. The van der Waals surface area contributed by atoms with E-state index in [0.29, 0.717) is 12.5 Å². The van der Waals surface area contributed by atoms with Gasteiger partial charge in [0, 0.05) is 25.1 Å². The minimum atomic E-state index is -0.817. The molecular formula is C14H18ClFN3O2P. The van der Waals surface area contributed by atoms with Crippen molar-refractivity contribution in [3.05, 3.63) is 29.0 Å². The molecule has 1 saturated heterocycles. The molecule has 0 bridgehead atoms. The number of anilines is 1. The van der Waals surface area contributed by atoms with Crippen molar-refractivity contribution in [1.82, 2.24) is 10.2 Å². The summed E-state index contributed by atoms with van der Waals surface area (Å²) in [6.07, 6.45) is 1.91. The standard InChI is InChI=1S/C14H18ClFN3O2P/c15-11-2-1-10(5-12(11)16)18-14(21)13(20)17-6-9-3-4-19(7-9)8-22/h1-2,5,9H,3-4,6-8,22H2,(H,17,20)(H,18,21). The van der Waals surface area contributed by atoms with E-state index in [1.54, 1.807) is 0 Å². The summed E-state index contributed by atoms with van der Waals surface area (Å²) in [6, 6.07) is 3.83. The molecule has 2 rings (SSSR count). The van der Waals surface area contributed by atoms with Crippen LogP contribution in [-0.2, 0) is 9.59 Å². The molecule has 1 heterocycles. The van der Waals surface area contributed by atoms with E-state index < -0.39 is 17.6 Å². The molecule has 2 atom stereocenters. The molecule has 22 heavy (non-hydrogen) atoms. The molecule has 120 valence electrons. The minimum Gasteiger partial charge on any atom is -0.347 e. The zero-order valence-corrected chi connectivity index (χ0v) is 13.9. The summed E-state index contributed by atoms with van der Waals surface area (Å²) in [5.74, 6) is -1.84. The first-order valence-corrected chi connectivity index (χ1v) is 8.15. The van der Waals surface area contributed by atoms with Gasteiger partial charge >= 0.3 is 11.8 Å². The Morgan fingerprint density at radius 1 is 1.41 bits per heavy atom. The quantitative estimate of drug-likeness (QED) is 0.645. The normalized spacial score (nSPS) is 18.2. The van der Waals surface area contributed by atoms with Gasteiger partial charge in [0.15, 0.2) is 0 Å². The summed E-state index contributed by atoms with van der Waals surface area (Å²) in [4.78, 5) is 25.7. The predicted octanol–water partition coefficient (Wildman–Crippen LogP) is 1.69. The molecule has 2 amide bonds. The average molecular weight is 346 g/mol. The van der Waals surface area contributed by atoms with E-state index in [4.69, 9.17) is 11.6 Å². The van der Waals surface area contributed by atoms with Crippen molar-refractivity contribution in [3.8, 4) is 0 Å². The molecule has 1 aliphatic rings. The molecule has 2 unspecified atom stereocenters. The van der Waals surface area contributed by atoms with E-state index >= 15 is 0 Å². The van der Waals surface area contributed by atoms with E-state index in [0.717, 1.165) is 31.9 Å². The first-order valence-electron chi connectivity index (χ1n) is 6.96. The number of hydrogen-bond donors (Lipinski definition) is 2. The lowest BCUT2D eigenvalue weighted by atomic mass is 10.1. The molecule has 8 heteroatoms. The van der Waals surface area contributed by atoms with Crippen LogP contribution in [0.25, 0.3) is 0 Å². The molecule has 1 fully saturated rings.